The van der Waals surface area contributed by atoms with Crippen LogP contribution in [-0.2, 0) is 20.8 Å². The fraction of sp³-hybridized carbons (Fsp3) is 0.100. The first kappa shape index (κ1) is 18.1. The third kappa shape index (κ3) is 3.35. The molecule has 0 radical (unpaired) electrons. The summed E-state index contributed by atoms with van der Waals surface area (Å²) in [6.45, 7) is 4.94. The van der Waals surface area contributed by atoms with Crippen molar-refractivity contribution in [2.24, 2.45) is 0 Å². The summed E-state index contributed by atoms with van der Waals surface area (Å²) in [4.78, 5) is 0. The van der Waals surface area contributed by atoms with Crippen LogP contribution in [0, 0.1) is 0 Å². The summed E-state index contributed by atoms with van der Waals surface area (Å²) in [5.41, 5.74) is 0. The van der Waals surface area contributed by atoms with Crippen LogP contribution in [0.15, 0.2) is 72.8 Å². The molecule has 4 aromatic rings. The molecule has 0 spiro atoms. The van der Waals surface area contributed by atoms with Crippen LogP contribution in [0.3, 0.4) is 0 Å². The van der Waals surface area contributed by atoms with Crippen molar-refractivity contribution < 1.29 is 20.8 Å². The molecule has 126 valence electrons. The van der Waals surface area contributed by atoms with Crippen LogP contribution in [0.1, 0.15) is 0 Å². The van der Waals surface area contributed by atoms with E-state index in [2.05, 4.69) is 85.9 Å². The Bertz CT molecular complexity index is 876. The second-order valence-corrected chi connectivity index (χ2v) is 14.4. The molecule has 0 bridgehead atoms. The van der Waals surface area contributed by atoms with Gasteiger partial charge in [0.1, 0.15) is 0 Å². The SMILES string of the molecule is C[Si](C)([c-]1ccc2ccccc21)[c-]1[cH-][cH-][c-]2cccc[c-]12.[Cl][Zr][Cl]. The number of benzene rings is 2. The van der Waals surface area contributed by atoms with Crippen molar-refractivity contribution >= 4 is 57.0 Å². The molecule has 24 heavy (non-hydrogen) atoms. The van der Waals surface area contributed by atoms with Gasteiger partial charge in [0, 0.05) is 0 Å². The predicted octanol–water partition coefficient (Wildman–Crippen LogP) is 5.63. The second kappa shape index (κ2) is 7.70. The average molecular weight is 449 g/mol. The Hall–Kier alpha value is -0.660. The van der Waals surface area contributed by atoms with Gasteiger partial charge in [-0.3, -0.25) is 6.07 Å². The first-order valence-corrected chi connectivity index (χ1v) is 17.2. The summed E-state index contributed by atoms with van der Waals surface area (Å²) >= 11 is -0.826. The zero-order valence-corrected chi connectivity index (χ0v) is 18.7. The molecule has 0 fully saturated rings. The summed E-state index contributed by atoms with van der Waals surface area (Å²) in [6.07, 6.45) is 0. The zero-order valence-electron chi connectivity index (χ0n) is 13.7. The first-order chi connectivity index (χ1) is 11.6. The van der Waals surface area contributed by atoms with Gasteiger partial charge in [-0.05, 0) is 0 Å². The molecule has 0 aliphatic carbocycles. The Kier molecular flexibility index (Phi) is 5.82. The van der Waals surface area contributed by atoms with Crippen LogP contribution in [0.5, 0.6) is 0 Å². The summed E-state index contributed by atoms with van der Waals surface area (Å²) in [7, 11) is 8.19. The van der Waals surface area contributed by atoms with Crippen LogP contribution in [-0.4, -0.2) is 8.07 Å². The van der Waals surface area contributed by atoms with Crippen molar-refractivity contribution in [2.75, 3.05) is 0 Å². The molecule has 0 N–H and O–H groups in total. The Balaban J connectivity index is 0.000000526. The van der Waals surface area contributed by atoms with Gasteiger partial charge in [0.2, 0.25) is 0 Å². The molecule has 4 rings (SSSR count). The molecule has 4 aromatic carbocycles. The molecular formula is C20H18Cl2SiZr-6. The van der Waals surface area contributed by atoms with Crippen molar-refractivity contribution in [3.63, 3.8) is 0 Å². The molecular weight excluding hydrogens is 430 g/mol. The van der Waals surface area contributed by atoms with Gasteiger partial charge in [0.15, 0.2) is 0 Å². The molecule has 0 saturated heterocycles. The minimum absolute atomic E-state index is 0.826. The van der Waals surface area contributed by atoms with E-state index in [1.165, 1.54) is 21.5 Å². The Morgan fingerprint density at radius 2 is 1.62 bits per heavy atom. The number of fused-ring (bicyclic) bond motifs is 2. The van der Waals surface area contributed by atoms with Crippen molar-refractivity contribution in [1.29, 1.82) is 0 Å². The van der Waals surface area contributed by atoms with E-state index in [-0.39, 0.29) is 0 Å². The van der Waals surface area contributed by atoms with E-state index >= 15 is 0 Å². The summed E-state index contributed by atoms with van der Waals surface area (Å²) in [5, 5.41) is 8.69. The van der Waals surface area contributed by atoms with Gasteiger partial charge in [0.25, 0.3) is 0 Å². The Morgan fingerprint density at radius 3 is 2.42 bits per heavy atom. The molecule has 0 aliphatic rings. The maximum absolute atomic E-state index is 4.93. The first-order valence-electron chi connectivity index (χ1n) is 7.85. The predicted molar refractivity (Wildman–Crippen MR) is 108 cm³/mol. The van der Waals surface area contributed by atoms with E-state index in [9.17, 15) is 0 Å². The summed E-state index contributed by atoms with van der Waals surface area (Å²) < 4.78 is 0. The fourth-order valence-corrected chi connectivity index (χ4v) is 6.63. The standard InChI is InChI=1S/C20H18Si.2ClH.Zr/c1-21(2,19-13-11-15-7-3-5-9-17(15)19)20-14-12-16-8-4-6-10-18(16)20;;;/h3-14H,1-2H3;2*1H;/q-6;;;+2/p-2. The number of rotatable bonds is 2. The van der Waals surface area contributed by atoms with Crippen molar-refractivity contribution in [3.05, 3.63) is 72.8 Å². The zero-order chi connectivity index (χ0) is 17.2. The van der Waals surface area contributed by atoms with Crippen LogP contribution in [0.4, 0.5) is 0 Å². The monoisotopic (exact) mass is 446 g/mol. The topological polar surface area (TPSA) is 0 Å². The minimum atomic E-state index is -1.68. The quantitative estimate of drug-likeness (QED) is 0.275. The molecule has 0 heterocycles. The summed E-state index contributed by atoms with van der Waals surface area (Å²) in [5.74, 6) is 0. The van der Waals surface area contributed by atoms with Gasteiger partial charge in [-0.1, -0.05) is 19.2 Å². The van der Waals surface area contributed by atoms with Crippen LogP contribution in [0.2, 0.25) is 13.1 Å². The van der Waals surface area contributed by atoms with E-state index in [0.717, 1.165) is 0 Å². The van der Waals surface area contributed by atoms with E-state index in [0.29, 0.717) is 0 Å². The van der Waals surface area contributed by atoms with Gasteiger partial charge >= 0.3 is 37.9 Å². The van der Waals surface area contributed by atoms with E-state index in [4.69, 9.17) is 17.0 Å². The molecule has 4 heteroatoms. The average Bonchev–Trinajstić information content (AvgIpc) is 3.20. The molecule has 0 aliphatic heterocycles. The molecule has 0 unspecified atom stereocenters. The number of halogens is 2. The molecule has 0 aromatic heterocycles. The normalized spacial score (nSPS) is 11.3. The summed E-state index contributed by atoms with van der Waals surface area (Å²) in [6, 6.07) is 26.7. The van der Waals surface area contributed by atoms with Gasteiger partial charge in [-0.2, -0.15) is 22.7 Å². The van der Waals surface area contributed by atoms with Crippen molar-refractivity contribution in [3.8, 4) is 0 Å². The van der Waals surface area contributed by atoms with Gasteiger partial charge in [-0.25, -0.2) is 6.07 Å². The van der Waals surface area contributed by atoms with Crippen LogP contribution in [0.25, 0.3) is 21.5 Å². The van der Waals surface area contributed by atoms with Crippen molar-refractivity contribution in [2.45, 2.75) is 13.1 Å². The Labute approximate surface area is 162 Å². The molecule has 0 nitrogen and oxygen atoms in total. The maximum atomic E-state index is 4.93. The van der Waals surface area contributed by atoms with E-state index < -0.39 is 28.9 Å². The van der Waals surface area contributed by atoms with Gasteiger partial charge in [0.05, 0.1) is 0 Å². The number of hydrogen-bond donors (Lipinski definition) is 0. The fourth-order valence-electron chi connectivity index (χ4n) is 3.54. The number of hydrogen-bond acceptors (Lipinski definition) is 0. The molecule has 0 amide bonds. The second-order valence-electron chi connectivity index (χ2n) is 6.36. The Morgan fingerprint density at radius 1 is 0.917 bits per heavy atom. The third-order valence-electron chi connectivity index (χ3n) is 4.71. The van der Waals surface area contributed by atoms with Crippen molar-refractivity contribution in [1.82, 2.24) is 0 Å². The van der Waals surface area contributed by atoms with E-state index in [1.54, 1.807) is 10.4 Å². The van der Waals surface area contributed by atoms with Crippen LogP contribution >= 0.6 is 17.0 Å². The van der Waals surface area contributed by atoms with E-state index in [1.807, 2.05) is 0 Å². The molecule has 0 saturated carbocycles. The third-order valence-corrected chi connectivity index (χ3v) is 8.27. The van der Waals surface area contributed by atoms with Gasteiger partial charge < -0.3 is 34.2 Å². The molecule has 0 atom stereocenters. The van der Waals surface area contributed by atoms with Crippen LogP contribution < -0.4 is 10.4 Å². The van der Waals surface area contributed by atoms with Gasteiger partial charge in [-0.15, -0.1) is 37.7 Å².